The van der Waals surface area contributed by atoms with Gasteiger partial charge in [0.15, 0.2) is 0 Å². The molecule has 3 heterocycles. The lowest BCUT2D eigenvalue weighted by atomic mass is 9.95. The molecule has 1 unspecified atom stereocenters. The largest absolute Gasteiger partial charge is 0.481 e. The van der Waals surface area contributed by atoms with Crippen molar-refractivity contribution in [3.8, 4) is 10.6 Å². The summed E-state index contributed by atoms with van der Waals surface area (Å²) in [5.41, 5.74) is 3.03. The first-order chi connectivity index (χ1) is 14.0. The van der Waals surface area contributed by atoms with Crippen molar-refractivity contribution in [1.82, 2.24) is 14.9 Å². The van der Waals surface area contributed by atoms with E-state index >= 15 is 0 Å². The van der Waals surface area contributed by atoms with E-state index in [2.05, 4.69) is 4.98 Å². The normalized spacial score (nSPS) is 16.2. The SMILES string of the molecule is CC(c1ccc(-c2nc3c(ccc4ncccc43)s2)c(F)c1)N1CC(C(=O)O)C1. The van der Waals surface area contributed by atoms with Gasteiger partial charge in [0, 0.05) is 36.3 Å². The highest BCUT2D eigenvalue weighted by atomic mass is 32.1. The topological polar surface area (TPSA) is 66.3 Å². The molecule has 146 valence electrons. The van der Waals surface area contributed by atoms with Crippen LogP contribution in [0.3, 0.4) is 0 Å². The molecule has 5 nitrogen and oxygen atoms in total. The Hall–Kier alpha value is -2.90. The van der Waals surface area contributed by atoms with Crippen molar-refractivity contribution in [2.24, 2.45) is 5.92 Å². The molecule has 2 aromatic heterocycles. The number of hydrogen-bond donors (Lipinski definition) is 1. The summed E-state index contributed by atoms with van der Waals surface area (Å²) in [5, 5.41) is 10.6. The number of fused-ring (bicyclic) bond motifs is 3. The molecule has 4 aromatic rings. The van der Waals surface area contributed by atoms with Crippen LogP contribution in [0.1, 0.15) is 18.5 Å². The van der Waals surface area contributed by atoms with Crippen molar-refractivity contribution in [2.45, 2.75) is 13.0 Å². The lowest BCUT2D eigenvalue weighted by Crippen LogP contribution is -2.51. The quantitative estimate of drug-likeness (QED) is 0.530. The summed E-state index contributed by atoms with van der Waals surface area (Å²) in [6.07, 6.45) is 1.75. The Bertz CT molecular complexity index is 1250. The molecule has 0 amide bonds. The third-order valence-electron chi connectivity index (χ3n) is 5.65. The Morgan fingerprint density at radius 2 is 2.10 bits per heavy atom. The lowest BCUT2D eigenvalue weighted by molar-refractivity contribution is -0.148. The van der Waals surface area contributed by atoms with Crippen LogP contribution >= 0.6 is 11.3 Å². The minimum Gasteiger partial charge on any atom is -0.481 e. The molecular weight excluding hydrogens is 389 g/mol. The molecule has 0 bridgehead atoms. The molecule has 0 radical (unpaired) electrons. The third-order valence-corrected chi connectivity index (χ3v) is 6.71. The van der Waals surface area contributed by atoms with Crippen LogP contribution in [0.5, 0.6) is 0 Å². The Labute approximate surface area is 170 Å². The molecule has 0 saturated carbocycles. The summed E-state index contributed by atoms with van der Waals surface area (Å²) in [6, 6.07) is 13.0. The van der Waals surface area contributed by atoms with Gasteiger partial charge in [-0.15, -0.1) is 11.3 Å². The summed E-state index contributed by atoms with van der Waals surface area (Å²) in [4.78, 5) is 22.1. The Balaban J connectivity index is 1.46. The Morgan fingerprint density at radius 1 is 1.28 bits per heavy atom. The van der Waals surface area contributed by atoms with Crippen molar-refractivity contribution in [2.75, 3.05) is 13.1 Å². The Morgan fingerprint density at radius 3 is 2.86 bits per heavy atom. The molecule has 0 spiro atoms. The first-order valence-corrected chi connectivity index (χ1v) is 10.2. The second-order valence-corrected chi connectivity index (χ2v) is 8.44. The van der Waals surface area contributed by atoms with Gasteiger partial charge in [0.1, 0.15) is 10.8 Å². The second kappa shape index (κ2) is 6.86. The first kappa shape index (κ1) is 18.1. The van der Waals surface area contributed by atoms with Gasteiger partial charge in [0.25, 0.3) is 0 Å². The molecule has 1 aliphatic rings. The van der Waals surface area contributed by atoms with Gasteiger partial charge in [-0.05, 0) is 48.9 Å². The average molecular weight is 407 g/mol. The van der Waals surface area contributed by atoms with E-state index in [4.69, 9.17) is 10.1 Å². The summed E-state index contributed by atoms with van der Waals surface area (Å²) < 4.78 is 16.0. The van der Waals surface area contributed by atoms with Crippen LogP contribution in [0.4, 0.5) is 4.39 Å². The highest BCUT2D eigenvalue weighted by Crippen LogP contribution is 2.36. The lowest BCUT2D eigenvalue weighted by Gasteiger charge is -2.41. The molecule has 1 fully saturated rings. The second-order valence-electron chi connectivity index (χ2n) is 7.41. The number of carbonyl (C=O) groups is 1. The third kappa shape index (κ3) is 3.07. The number of halogens is 1. The number of aliphatic carboxylic acids is 1. The summed E-state index contributed by atoms with van der Waals surface area (Å²) in [6.45, 7) is 2.97. The van der Waals surface area contributed by atoms with Gasteiger partial charge in [-0.1, -0.05) is 6.07 Å². The molecule has 1 aliphatic heterocycles. The van der Waals surface area contributed by atoms with Gasteiger partial charge in [-0.25, -0.2) is 9.37 Å². The monoisotopic (exact) mass is 407 g/mol. The molecular formula is C22H18FN3O2S. The van der Waals surface area contributed by atoms with Gasteiger partial charge < -0.3 is 5.11 Å². The van der Waals surface area contributed by atoms with Gasteiger partial charge in [-0.2, -0.15) is 0 Å². The predicted octanol–water partition coefficient (Wildman–Crippen LogP) is 4.73. The van der Waals surface area contributed by atoms with E-state index in [1.807, 2.05) is 42.2 Å². The van der Waals surface area contributed by atoms with E-state index in [1.54, 1.807) is 18.3 Å². The minimum atomic E-state index is -0.770. The summed E-state index contributed by atoms with van der Waals surface area (Å²) in [7, 11) is 0. The number of aromatic nitrogens is 2. The number of likely N-dealkylation sites (tertiary alicyclic amines) is 1. The fraction of sp³-hybridized carbons (Fsp3) is 0.227. The zero-order chi connectivity index (χ0) is 20.1. The number of benzene rings is 2. The summed E-state index contributed by atoms with van der Waals surface area (Å²) in [5.74, 6) is -1.41. The number of carboxylic acids is 1. The van der Waals surface area contributed by atoms with E-state index < -0.39 is 5.97 Å². The van der Waals surface area contributed by atoms with Gasteiger partial charge in [0.05, 0.1) is 21.7 Å². The van der Waals surface area contributed by atoms with Crippen LogP contribution in [0.15, 0.2) is 48.7 Å². The predicted molar refractivity (Wildman–Crippen MR) is 111 cm³/mol. The molecule has 5 rings (SSSR count). The van der Waals surface area contributed by atoms with Gasteiger partial charge >= 0.3 is 5.97 Å². The van der Waals surface area contributed by atoms with Gasteiger partial charge in [0.2, 0.25) is 0 Å². The molecule has 1 atom stereocenters. The van der Waals surface area contributed by atoms with Crippen LogP contribution in [-0.4, -0.2) is 39.0 Å². The summed E-state index contributed by atoms with van der Waals surface area (Å²) >= 11 is 1.46. The number of pyridine rings is 1. The molecule has 0 aliphatic carbocycles. The number of carboxylic acid groups (broad SMARTS) is 1. The van der Waals surface area contributed by atoms with Crippen molar-refractivity contribution in [3.63, 3.8) is 0 Å². The fourth-order valence-corrected chi connectivity index (χ4v) is 4.83. The maximum atomic E-state index is 15.0. The highest BCUT2D eigenvalue weighted by Gasteiger charge is 2.35. The molecule has 1 N–H and O–H groups in total. The molecule has 29 heavy (non-hydrogen) atoms. The number of nitrogens with zero attached hydrogens (tertiary/aromatic N) is 3. The maximum absolute atomic E-state index is 15.0. The maximum Gasteiger partial charge on any atom is 0.309 e. The zero-order valence-corrected chi connectivity index (χ0v) is 16.5. The van der Waals surface area contributed by atoms with Crippen molar-refractivity contribution >= 4 is 38.4 Å². The number of thiazole rings is 1. The van der Waals surface area contributed by atoms with E-state index in [0.717, 1.165) is 26.7 Å². The highest BCUT2D eigenvalue weighted by molar-refractivity contribution is 7.21. The van der Waals surface area contributed by atoms with Crippen LogP contribution in [0.2, 0.25) is 0 Å². The number of hydrogen-bond acceptors (Lipinski definition) is 5. The number of rotatable bonds is 4. The first-order valence-electron chi connectivity index (χ1n) is 9.42. The van der Waals surface area contributed by atoms with Crippen LogP contribution in [0.25, 0.3) is 31.7 Å². The molecule has 7 heteroatoms. The fourth-order valence-electron chi connectivity index (χ4n) is 3.82. The zero-order valence-electron chi connectivity index (χ0n) is 15.7. The van der Waals surface area contributed by atoms with Crippen molar-refractivity contribution in [3.05, 3.63) is 60.0 Å². The van der Waals surface area contributed by atoms with Crippen LogP contribution in [0, 0.1) is 11.7 Å². The Kier molecular flexibility index (Phi) is 4.29. The van der Waals surface area contributed by atoms with Gasteiger partial charge in [-0.3, -0.25) is 14.7 Å². The standard InChI is InChI=1S/C22H18FN3O2S/c1-12(26-10-14(11-26)22(27)28)13-4-5-15(17(23)9-13)21-25-20-16-3-2-8-24-18(16)6-7-19(20)29-21/h2-9,12,14H,10-11H2,1H3,(H,27,28). The van der Waals surface area contributed by atoms with E-state index in [1.165, 1.54) is 11.3 Å². The van der Waals surface area contributed by atoms with E-state index in [9.17, 15) is 9.18 Å². The average Bonchev–Trinajstić information content (AvgIpc) is 3.10. The minimum absolute atomic E-state index is 0.0282. The molecule has 1 saturated heterocycles. The van der Waals surface area contributed by atoms with Crippen LogP contribution in [-0.2, 0) is 4.79 Å². The van der Waals surface area contributed by atoms with Crippen molar-refractivity contribution in [1.29, 1.82) is 0 Å². The smallest absolute Gasteiger partial charge is 0.309 e. The van der Waals surface area contributed by atoms with Crippen molar-refractivity contribution < 1.29 is 14.3 Å². The van der Waals surface area contributed by atoms with E-state index in [0.29, 0.717) is 23.7 Å². The molecule has 2 aromatic carbocycles. The van der Waals surface area contributed by atoms with Crippen LogP contribution < -0.4 is 0 Å². The van der Waals surface area contributed by atoms with E-state index in [-0.39, 0.29) is 17.8 Å².